The van der Waals surface area contributed by atoms with Crippen molar-refractivity contribution < 1.29 is 17.9 Å². The van der Waals surface area contributed by atoms with Gasteiger partial charge in [0.2, 0.25) is 10.0 Å². The van der Waals surface area contributed by atoms with Crippen LogP contribution in [0.4, 0.5) is 16.3 Å². The number of alkyl carbamates (subject to hydrolysis) is 1. The molecule has 1 fully saturated rings. The molecule has 1 saturated carbocycles. The summed E-state index contributed by atoms with van der Waals surface area (Å²) < 4.78 is 34.1. The average Bonchev–Trinajstić information content (AvgIpc) is 3.34. The Bertz CT molecular complexity index is 1370. The fourth-order valence-corrected chi connectivity index (χ4v) is 6.94. The highest BCUT2D eigenvalue weighted by molar-refractivity contribution is 7.89. The Morgan fingerprint density at radius 2 is 1.92 bits per heavy atom. The lowest BCUT2D eigenvalue weighted by atomic mass is 9.86. The molecule has 1 amide bonds. The number of aryl methyl sites for hydroxylation is 1. The summed E-state index contributed by atoms with van der Waals surface area (Å²) in [6.45, 7) is 7.59. The number of rotatable bonds is 9. The topological polar surface area (TPSA) is 135 Å². The molecule has 0 aliphatic heterocycles. The zero-order chi connectivity index (χ0) is 27.3. The highest BCUT2D eigenvalue weighted by Gasteiger charge is 2.27. The van der Waals surface area contributed by atoms with Crippen LogP contribution >= 0.6 is 11.3 Å². The van der Waals surface area contributed by atoms with E-state index in [0.29, 0.717) is 17.1 Å². The Hall–Kier alpha value is -3.09. The summed E-state index contributed by atoms with van der Waals surface area (Å²) in [5.41, 5.74) is 2.14. The molecule has 0 radical (unpaired) electrons. The van der Waals surface area contributed by atoms with Gasteiger partial charge in [-0.2, -0.15) is 5.10 Å². The van der Waals surface area contributed by atoms with Crippen molar-refractivity contribution in [1.29, 1.82) is 0 Å². The van der Waals surface area contributed by atoms with Crippen LogP contribution < -0.4 is 15.4 Å². The fourth-order valence-electron chi connectivity index (χ4n) is 4.47. The number of amides is 1. The lowest BCUT2D eigenvalue weighted by molar-refractivity contribution is 0.109. The van der Waals surface area contributed by atoms with Gasteiger partial charge in [-0.3, -0.25) is 0 Å². The van der Waals surface area contributed by atoms with Crippen LogP contribution in [0.15, 0.2) is 41.6 Å². The summed E-state index contributed by atoms with van der Waals surface area (Å²) in [6.07, 6.45) is 6.35. The van der Waals surface area contributed by atoms with Crippen molar-refractivity contribution in [1.82, 2.24) is 25.2 Å². The van der Waals surface area contributed by atoms with Gasteiger partial charge in [0, 0.05) is 36.0 Å². The molecule has 3 aromatic rings. The van der Waals surface area contributed by atoms with Gasteiger partial charge in [0.15, 0.2) is 5.82 Å². The zero-order valence-corrected chi connectivity index (χ0v) is 23.7. The molecule has 2 aromatic heterocycles. The molecule has 2 heterocycles. The molecular weight excluding hydrogens is 524 g/mol. The number of hydrogen-bond acceptors (Lipinski definition) is 9. The fraction of sp³-hybridized carbons (Fsp3) is 0.462. The SMILES string of the molecule is CCNS(=O)(=O)c1cc(Nc2cc(C)cnn2)ccc1-c1cnc([C@H]2CC[C@H](NC(=O)OC(C)C)CC2)s1. The predicted octanol–water partition coefficient (Wildman–Crippen LogP) is 5.11. The zero-order valence-electron chi connectivity index (χ0n) is 22.0. The number of nitrogens with one attached hydrogen (secondary N) is 3. The van der Waals surface area contributed by atoms with Gasteiger partial charge in [-0.1, -0.05) is 13.0 Å². The molecule has 3 N–H and O–H groups in total. The monoisotopic (exact) mass is 558 g/mol. The number of aromatic nitrogens is 3. The maximum absolute atomic E-state index is 13.2. The van der Waals surface area contributed by atoms with Crippen molar-refractivity contribution in [2.75, 3.05) is 11.9 Å². The quantitative estimate of drug-likeness (QED) is 0.330. The minimum absolute atomic E-state index is 0.0898. The number of hydrogen-bond donors (Lipinski definition) is 3. The second kappa shape index (κ2) is 12.2. The van der Waals surface area contributed by atoms with Gasteiger partial charge in [-0.05, 0) is 70.2 Å². The minimum atomic E-state index is -3.75. The second-order valence-electron chi connectivity index (χ2n) is 9.67. The van der Waals surface area contributed by atoms with Crippen molar-refractivity contribution in [2.45, 2.75) is 76.3 Å². The molecular formula is C26H34N6O4S2. The maximum atomic E-state index is 13.2. The van der Waals surface area contributed by atoms with E-state index < -0.39 is 10.0 Å². The van der Waals surface area contributed by atoms with Crippen LogP contribution in [0.3, 0.4) is 0 Å². The van der Waals surface area contributed by atoms with E-state index >= 15 is 0 Å². The molecule has 10 nitrogen and oxygen atoms in total. The first-order valence-corrected chi connectivity index (χ1v) is 15.1. The highest BCUT2D eigenvalue weighted by atomic mass is 32.2. The molecule has 12 heteroatoms. The van der Waals surface area contributed by atoms with E-state index in [-0.39, 0.29) is 35.6 Å². The molecule has 204 valence electrons. The van der Waals surface area contributed by atoms with Crippen LogP contribution in [0.1, 0.15) is 62.9 Å². The Kier molecular flexibility index (Phi) is 8.95. The normalized spacial score (nSPS) is 17.8. The smallest absolute Gasteiger partial charge is 0.407 e. The summed E-state index contributed by atoms with van der Waals surface area (Å²) in [6, 6.07) is 7.17. The van der Waals surface area contributed by atoms with Crippen LogP contribution in [-0.4, -0.2) is 48.4 Å². The van der Waals surface area contributed by atoms with Crippen LogP contribution in [0.25, 0.3) is 10.4 Å². The van der Waals surface area contributed by atoms with E-state index in [0.717, 1.165) is 41.1 Å². The number of thiazole rings is 1. The number of nitrogens with zero attached hydrogens (tertiary/aromatic N) is 3. The van der Waals surface area contributed by atoms with E-state index in [1.54, 1.807) is 31.5 Å². The first kappa shape index (κ1) is 27.9. The summed E-state index contributed by atoms with van der Waals surface area (Å²) >= 11 is 1.52. The van der Waals surface area contributed by atoms with Crippen LogP contribution in [0.2, 0.25) is 0 Å². The Morgan fingerprint density at radius 1 is 1.16 bits per heavy atom. The van der Waals surface area contributed by atoms with Gasteiger partial charge in [-0.25, -0.2) is 22.9 Å². The summed E-state index contributed by atoms with van der Waals surface area (Å²) in [5.74, 6) is 0.801. The second-order valence-corrected chi connectivity index (χ2v) is 12.5. The average molecular weight is 559 g/mol. The van der Waals surface area contributed by atoms with E-state index in [4.69, 9.17) is 4.74 Å². The number of carbonyl (C=O) groups excluding carboxylic acids is 1. The van der Waals surface area contributed by atoms with E-state index in [2.05, 4.69) is 30.5 Å². The maximum Gasteiger partial charge on any atom is 0.407 e. The van der Waals surface area contributed by atoms with Crippen LogP contribution in [0.5, 0.6) is 0 Å². The van der Waals surface area contributed by atoms with Gasteiger partial charge < -0.3 is 15.4 Å². The number of sulfonamides is 1. The predicted molar refractivity (Wildman–Crippen MR) is 148 cm³/mol. The minimum Gasteiger partial charge on any atom is -0.447 e. The third-order valence-electron chi connectivity index (χ3n) is 6.20. The highest BCUT2D eigenvalue weighted by Crippen LogP contribution is 2.40. The Morgan fingerprint density at radius 3 is 2.61 bits per heavy atom. The molecule has 0 spiro atoms. The number of ether oxygens (including phenoxy) is 1. The lowest BCUT2D eigenvalue weighted by Crippen LogP contribution is -2.38. The lowest BCUT2D eigenvalue weighted by Gasteiger charge is -2.28. The number of benzene rings is 1. The van der Waals surface area contributed by atoms with Crippen LogP contribution in [0, 0.1) is 6.92 Å². The van der Waals surface area contributed by atoms with Crippen LogP contribution in [-0.2, 0) is 14.8 Å². The van der Waals surface area contributed by atoms with Gasteiger partial charge in [0.05, 0.1) is 27.1 Å². The van der Waals surface area contributed by atoms with Crippen molar-refractivity contribution >= 4 is 39.0 Å². The Balaban J connectivity index is 1.53. The van der Waals surface area contributed by atoms with E-state index in [9.17, 15) is 13.2 Å². The molecule has 1 aromatic carbocycles. The molecule has 38 heavy (non-hydrogen) atoms. The third kappa shape index (κ3) is 7.06. The first-order valence-electron chi connectivity index (χ1n) is 12.8. The summed E-state index contributed by atoms with van der Waals surface area (Å²) in [4.78, 5) is 17.6. The Labute approximate surface area is 227 Å². The van der Waals surface area contributed by atoms with Gasteiger partial charge in [0.1, 0.15) is 0 Å². The third-order valence-corrected chi connectivity index (χ3v) is 8.98. The largest absolute Gasteiger partial charge is 0.447 e. The van der Waals surface area contributed by atoms with E-state index in [1.807, 2.05) is 32.9 Å². The molecule has 0 bridgehead atoms. The van der Waals surface area contributed by atoms with Gasteiger partial charge >= 0.3 is 6.09 Å². The van der Waals surface area contributed by atoms with Gasteiger partial charge in [-0.15, -0.1) is 16.4 Å². The van der Waals surface area contributed by atoms with Crippen molar-refractivity contribution in [3.8, 4) is 10.4 Å². The van der Waals surface area contributed by atoms with Gasteiger partial charge in [0.25, 0.3) is 0 Å². The van der Waals surface area contributed by atoms with E-state index in [1.165, 1.54) is 11.3 Å². The number of carbonyl (C=O) groups is 1. The number of anilines is 2. The molecule has 0 unspecified atom stereocenters. The standard InChI is InChI=1S/C26H34N6O4S2/c1-5-29-38(34,35)23-13-20(30-24-12-17(4)14-28-32-24)10-11-21(23)22-15-27-25(37-22)18-6-8-19(9-7-18)31-26(33)36-16(2)3/h10-16,18-19,29H,5-9H2,1-4H3,(H,30,32)(H,31,33)/t18-,19-. The van der Waals surface area contributed by atoms with Crippen molar-refractivity contribution in [3.05, 3.63) is 47.2 Å². The molecule has 0 atom stereocenters. The van der Waals surface area contributed by atoms with Crippen molar-refractivity contribution in [3.63, 3.8) is 0 Å². The molecule has 4 rings (SSSR count). The first-order chi connectivity index (χ1) is 18.1. The summed E-state index contributed by atoms with van der Waals surface area (Å²) in [5, 5.41) is 15.1. The molecule has 1 aliphatic carbocycles. The molecule has 1 aliphatic rings. The summed E-state index contributed by atoms with van der Waals surface area (Å²) in [7, 11) is -3.75. The molecule has 0 saturated heterocycles. The van der Waals surface area contributed by atoms with Crippen molar-refractivity contribution in [2.24, 2.45) is 0 Å².